The smallest absolute Gasteiger partial charge is 0.411 e. The molecule has 1 saturated heterocycles. The Kier molecular flexibility index (Phi) is 4.87. The van der Waals surface area contributed by atoms with Gasteiger partial charge in [-0.25, -0.2) is 9.59 Å². The monoisotopic (exact) mass is 276 g/mol. The summed E-state index contributed by atoms with van der Waals surface area (Å²) in [6, 6.07) is 9.32. The molecule has 6 nitrogen and oxygen atoms in total. The van der Waals surface area contributed by atoms with E-state index >= 15 is 0 Å². The fraction of sp³-hybridized carbons (Fsp3) is 0.429. The quantitative estimate of drug-likeness (QED) is 0.664. The molecule has 1 aliphatic heterocycles. The lowest BCUT2D eigenvalue weighted by molar-refractivity contribution is 0.0915. The number of carbonyl (C=O) groups is 1. The number of carbonyl (C=O) groups excluding carboxylic acids is 2. The largest absolute Gasteiger partial charge is 0.444 e. The van der Waals surface area contributed by atoms with Crippen molar-refractivity contribution < 1.29 is 19.4 Å². The van der Waals surface area contributed by atoms with Crippen LogP contribution < -0.4 is 0 Å². The number of nitrogens with zero attached hydrogens (tertiary/aromatic N) is 2. The number of aliphatic hydroxyl groups excluding tert-OH is 1. The first kappa shape index (κ1) is 14.2. The Hall–Kier alpha value is -2.17. The van der Waals surface area contributed by atoms with Gasteiger partial charge < -0.3 is 9.84 Å². The van der Waals surface area contributed by atoms with Crippen molar-refractivity contribution in [2.75, 3.05) is 13.2 Å². The molecule has 0 aromatic heterocycles. The minimum atomic E-state index is -0.590. The van der Waals surface area contributed by atoms with Gasteiger partial charge in [0.25, 0.3) is 0 Å². The van der Waals surface area contributed by atoms with Crippen molar-refractivity contribution in [3.8, 4) is 0 Å². The molecule has 0 spiro atoms. The van der Waals surface area contributed by atoms with Gasteiger partial charge in [0.15, 0.2) is 0 Å². The number of hydrogen-bond acceptors (Lipinski definition) is 5. The molecule has 6 heteroatoms. The van der Waals surface area contributed by atoms with Crippen LogP contribution in [0.5, 0.6) is 0 Å². The average molecular weight is 276 g/mol. The van der Waals surface area contributed by atoms with Gasteiger partial charge in [-0.1, -0.05) is 30.3 Å². The molecule has 1 aromatic rings. The van der Waals surface area contributed by atoms with Crippen LogP contribution in [0.3, 0.4) is 0 Å². The Labute approximate surface area is 116 Å². The van der Waals surface area contributed by atoms with Crippen LogP contribution in [0.1, 0.15) is 12.0 Å². The molecule has 1 aliphatic rings. The molecule has 0 radical (unpaired) electrons. The predicted molar refractivity (Wildman–Crippen MR) is 70.4 cm³/mol. The molecule has 2 unspecified atom stereocenters. The zero-order chi connectivity index (χ0) is 14.4. The summed E-state index contributed by atoms with van der Waals surface area (Å²) in [4.78, 5) is 27.3. The standard InChI is InChI=1S/C14H16N2O4/c17-8-12-6-13(15-10-18)16(7-12)14(19)20-9-11-4-2-1-3-5-11/h1-5,12-13,17H,6-9H2. The summed E-state index contributed by atoms with van der Waals surface area (Å²) in [6.45, 7) is 0.449. The molecule has 1 N–H and O–H groups in total. The predicted octanol–water partition coefficient (Wildman–Crippen LogP) is 1.30. The fourth-order valence-corrected chi connectivity index (χ4v) is 2.21. The van der Waals surface area contributed by atoms with Crippen LogP contribution in [0.15, 0.2) is 35.3 Å². The first-order valence-corrected chi connectivity index (χ1v) is 6.39. The summed E-state index contributed by atoms with van der Waals surface area (Å²) in [5, 5.41) is 9.14. The van der Waals surface area contributed by atoms with Crippen molar-refractivity contribution in [1.82, 2.24) is 4.90 Å². The van der Waals surface area contributed by atoms with Crippen LogP contribution in [-0.4, -0.2) is 41.5 Å². The second kappa shape index (κ2) is 6.84. The van der Waals surface area contributed by atoms with Gasteiger partial charge in [-0.3, -0.25) is 4.90 Å². The number of ether oxygens (including phenoxy) is 1. The van der Waals surface area contributed by atoms with E-state index in [1.807, 2.05) is 30.3 Å². The Morgan fingerprint density at radius 1 is 1.45 bits per heavy atom. The normalized spacial score (nSPS) is 21.4. The number of likely N-dealkylation sites (tertiary alicyclic amines) is 1. The summed E-state index contributed by atoms with van der Waals surface area (Å²) < 4.78 is 5.20. The van der Waals surface area contributed by atoms with Gasteiger partial charge in [0.05, 0.1) is 0 Å². The fourth-order valence-electron chi connectivity index (χ4n) is 2.21. The highest BCUT2D eigenvalue weighted by Gasteiger charge is 2.35. The minimum Gasteiger partial charge on any atom is -0.444 e. The summed E-state index contributed by atoms with van der Waals surface area (Å²) in [5.74, 6) is -0.0821. The van der Waals surface area contributed by atoms with E-state index in [0.29, 0.717) is 13.0 Å². The third-order valence-corrected chi connectivity index (χ3v) is 3.26. The molecule has 1 fully saturated rings. The minimum absolute atomic E-state index is 0.0483. The summed E-state index contributed by atoms with van der Waals surface area (Å²) >= 11 is 0. The number of rotatable bonds is 4. The van der Waals surface area contributed by atoms with E-state index in [1.165, 1.54) is 11.0 Å². The third-order valence-electron chi connectivity index (χ3n) is 3.26. The summed E-state index contributed by atoms with van der Waals surface area (Å²) in [7, 11) is 0. The molecule has 0 saturated carbocycles. The average Bonchev–Trinajstić information content (AvgIpc) is 2.89. The molecule has 0 aliphatic carbocycles. The molecule has 2 atom stereocenters. The highest BCUT2D eigenvalue weighted by molar-refractivity contribution is 5.68. The van der Waals surface area contributed by atoms with Crippen LogP contribution in [0, 0.1) is 5.92 Å². The highest BCUT2D eigenvalue weighted by atomic mass is 16.6. The first-order valence-electron chi connectivity index (χ1n) is 6.39. The topological polar surface area (TPSA) is 79.2 Å². The van der Waals surface area contributed by atoms with Gasteiger partial charge in [-0.05, 0) is 12.0 Å². The molecule has 2 rings (SSSR count). The Bertz CT molecular complexity index is 499. The lowest BCUT2D eigenvalue weighted by Crippen LogP contribution is -2.35. The molecule has 1 amide bonds. The van der Waals surface area contributed by atoms with Gasteiger partial charge in [0.2, 0.25) is 6.08 Å². The zero-order valence-corrected chi connectivity index (χ0v) is 10.9. The molecular formula is C14H16N2O4. The molecule has 1 heterocycles. The number of aliphatic hydroxyl groups is 1. The van der Waals surface area contributed by atoms with E-state index in [2.05, 4.69) is 4.99 Å². The van der Waals surface area contributed by atoms with Crippen molar-refractivity contribution in [3.63, 3.8) is 0 Å². The van der Waals surface area contributed by atoms with Crippen molar-refractivity contribution >= 4 is 12.2 Å². The third kappa shape index (κ3) is 3.44. The maximum atomic E-state index is 12.0. The van der Waals surface area contributed by atoms with Crippen molar-refractivity contribution in [3.05, 3.63) is 35.9 Å². The van der Waals surface area contributed by atoms with Gasteiger partial charge in [0, 0.05) is 19.1 Å². The van der Waals surface area contributed by atoms with E-state index in [1.54, 1.807) is 0 Å². The summed E-state index contributed by atoms with van der Waals surface area (Å²) in [5.41, 5.74) is 0.884. The number of hydrogen-bond donors (Lipinski definition) is 1. The van der Waals surface area contributed by atoms with Crippen LogP contribution in [0.4, 0.5) is 4.79 Å². The van der Waals surface area contributed by atoms with Gasteiger partial charge >= 0.3 is 6.09 Å². The van der Waals surface area contributed by atoms with Crippen LogP contribution >= 0.6 is 0 Å². The van der Waals surface area contributed by atoms with E-state index < -0.39 is 12.3 Å². The van der Waals surface area contributed by atoms with Gasteiger partial charge in [0.1, 0.15) is 12.8 Å². The van der Waals surface area contributed by atoms with Crippen LogP contribution in [-0.2, 0) is 16.1 Å². The van der Waals surface area contributed by atoms with E-state index in [9.17, 15) is 9.59 Å². The summed E-state index contributed by atoms with van der Waals surface area (Å²) in [6.07, 6.45) is 0.784. The van der Waals surface area contributed by atoms with Crippen molar-refractivity contribution in [2.24, 2.45) is 10.9 Å². The molecule has 106 valence electrons. The van der Waals surface area contributed by atoms with Crippen LogP contribution in [0.2, 0.25) is 0 Å². The highest BCUT2D eigenvalue weighted by Crippen LogP contribution is 2.24. The van der Waals surface area contributed by atoms with Gasteiger partial charge in [-0.2, -0.15) is 4.99 Å². The van der Waals surface area contributed by atoms with Crippen LogP contribution in [0.25, 0.3) is 0 Å². The SMILES string of the molecule is O=C=NC1CC(CO)CN1C(=O)OCc1ccccc1. The second-order valence-electron chi connectivity index (χ2n) is 4.68. The number of aliphatic imine (C=N–C) groups is 1. The lowest BCUT2D eigenvalue weighted by Gasteiger charge is -2.19. The Morgan fingerprint density at radius 3 is 2.85 bits per heavy atom. The second-order valence-corrected chi connectivity index (χ2v) is 4.68. The lowest BCUT2D eigenvalue weighted by atomic mass is 10.1. The zero-order valence-electron chi connectivity index (χ0n) is 10.9. The molecule has 1 aromatic carbocycles. The number of isocyanates is 1. The first-order chi connectivity index (χ1) is 9.74. The number of amides is 1. The molecular weight excluding hydrogens is 260 g/mol. The Morgan fingerprint density at radius 2 is 2.20 bits per heavy atom. The van der Waals surface area contributed by atoms with Crippen molar-refractivity contribution in [2.45, 2.75) is 19.2 Å². The maximum absolute atomic E-state index is 12.0. The maximum Gasteiger partial charge on any atom is 0.411 e. The van der Waals surface area contributed by atoms with E-state index in [0.717, 1.165) is 5.56 Å². The van der Waals surface area contributed by atoms with Gasteiger partial charge in [-0.15, -0.1) is 0 Å². The molecule has 0 bridgehead atoms. The number of benzene rings is 1. The van der Waals surface area contributed by atoms with E-state index in [-0.39, 0.29) is 19.1 Å². The Balaban J connectivity index is 1.95. The van der Waals surface area contributed by atoms with E-state index in [4.69, 9.17) is 9.84 Å². The molecule has 20 heavy (non-hydrogen) atoms. The van der Waals surface area contributed by atoms with Crippen molar-refractivity contribution in [1.29, 1.82) is 0 Å².